The standard InChI is InChI=1S/C24H33NO/c1-2-3-21-26-24(22-13-7-4-8-14-22,23-15-9-5-10-16-23)17-20-25-18-11-6-12-19-25/h4-5,7-10,13-16H,2-3,6,11-12,17-21H2,1H3. The van der Waals surface area contributed by atoms with Crippen molar-refractivity contribution in [3.63, 3.8) is 0 Å². The zero-order valence-electron chi connectivity index (χ0n) is 16.2. The molecule has 0 amide bonds. The molecule has 1 saturated heterocycles. The van der Waals surface area contributed by atoms with Crippen LogP contribution in [0.5, 0.6) is 0 Å². The van der Waals surface area contributed by atoms with Gasteiger partial charge in [0, 0.05) is 13.2 Å². The van der Waals surface area contributed by atoms with Crippen LogP contribution in [0.3, 0.4) is 0 Å². The molecule has 0 atom stereocenters. The Morgan fingerprint density at radius 3 is 1.96 bits per heavy atom. The second-order valence-electron chi connectivity index (χ2n) is 7.41. The van der Waals surface area contributed by atoms with Crippen molar-refractivity contribution in [2.24, 2.45) is 0 Å². The maximum atomic E-state index is 6.71. The molecular weight excluding hydrogens is 318 g/mol. The van der Waals surface area contributed by atoms with Crippen LogP contribution in [-0.4, -0.2) is 31.1 Å². The van der Waals surface area contributed by atoms with E-state index >= 15 is 0 Å². The van der Waals surface area contributed by atoms with Gasteiger partial charge in [0.1, 0.15) is 5.60 Å². The van der Waals surface area contributed by atoms with Gasteiger partial charge in [0.2, 0.25) is 0 Å². The van der Waals surface area contributed by atoms with Gasteiger partial charge in [-0.15, -0.1) is 0 Å². The van der Waals surface area contributed by atoms with Gasteiger partial charge >= 0.3 is 0 Å². The number of likely N-dealkylation sites (tertiary alicyclic amines) is 1. The first kappa shape index (κ1) is 19.1. The zero-order valence-corrected chi connectivity index (χ0v) is 16.2. The number of piperidine rings is 1. The largest absolute Gasteiger partial charge is 0.365 e. The van der Waals surface area contributed by atoms with Crippen LogP contribution in [-0.2, 0) is 10.3 Å². The summed E-state index contributed by atoms with van der Waals surface area (Å²) in [7, 11) is 0. The molecule has 0 unspecified atom stereocenters. The molecule has 0 radical (unpaired) electrons. The summed E-state index contributed by atoms with van der Waals surface area (Å²) in [6, 6.07) is 21.7. The molecule has 0 bridgehead atoms. The van der Waals surface area contributed by atoms with E-state index in [-0.39, 0.29) is 5.60 Å². The number of ether oxygens (including phenoxy) is 1. The molecule has 2 aromatic rings. The fourth-order valence-electron chi connectivity index (χ4n) is 4.00. The van der Waals surface area contributed by atoms with Crippen LogP contribution in [0.25, 0.3) is 0 Å². The first-order chi connectivity index (χ1) is 12.8. The Kier molecular flexibility index (Phi) is 7.28. The van der Waals surface area contributed by atoms with Crippen molar-refractivity contribution in [3.8, 4) is 0 Å². The minimum Gasteiger partial charge on any atom is -0.365 e. The normalized spacial score (nSPS) is 15.9. The molecule has 2 aromatic carbocycles. The average Bonchev–Trinajstić information content (AvgIpc) is 2.73. The van der Waals surface area contributed by atoms with Gasteiger partial charge in [0.25, 0.3) is 0 Å². The van der Waals surface area contributed by atoms with Crippen molar-refractivity contribution in [2.75, 3.05) is 26.2 Å². The highest BCUT2D eigenvalue weighted by Crippen LogP contribution is 2.37. The minimum atomic E-state index is -0.352. The van der Waals surface area contributed by atoms with E-state index < -0.39 is 0 Å². The van der Waals surface area contributed by atoms with E-state index in [0.29, 0.717) is 0 Å². The quantitative estimate of drug-likeness (QED) is 0.543. The number of benzene rings is 2. The topological polar surface area (TPSA) is 12.5 Å². The minimum absolute atomic E-state index is 0.352. The fourth-order valence-corrected chi connectivity index (χ4v) is 4.00. The Labute approximate surface area is 159 Å². The summed E-state index contributed by atoms with van der Waals surface area (Å²) in [5.41, 5.74) is 2.20. The van der Waals surface area contributed by atoms with Gasteiger partial charge in [-0.1, -0.05) is 80.4 Å². The molecule has 3 rings (SSSR count). The van der Waals surface area contributed by atoms with Crippen molar-refractivity contribution in [2.45, 2.75) is 51.0 Å². The molecule has 2 nitrogen and oxygen atoms in total. The van der Waals surface area contributed by atoms with Crippen molar-refractivity contribution in [3.05, 3.63) is 71.8 Å². The van der Waals surface area contributed by atoms with Crippen molar-refractivity contribution < 1.29 is 4.74 Å². The van der Waals surface area contributed by atoms with Crippen molar-refractivity contribution in [1.82, 2.24) is 4.90 Å². The maximum Gasteiger partial charge on any atom is 0.119 e. The third kappa shape index (κ3) is 4.75. The van der Waals surface area contributed by atoms with E-state index in [4.69, 9.17) is 4.74 Å². The highest BCUT2D eigenvalue weighted by molar-refractivity contribution is 5.36. The van der Waals surface area contributed by atoms with Crippen LogP contribution in [0.15, 0.2) is 60.7 Å². The Bertz CT molecular complexity index is 580. The second kappa shape index (κ2) is 9.89. The number of nitrogens with zero attached hydrogens (tertiary/aromatic N) is 1. The number of unbranched alkanes of at least 4 members (excludes halogenated alkanes) is 1. The van der Waals surface area contributed by atoms with E-state index in [9.17, 15) is 0 Å². The highest BCUT2D eigenvalue weighted by atomic mass is 16.5. The van der Waals surface area contributed by atoms with Gasteiger partial charge < -0.3 is 9.64 Å². The van der Waals surface area contributed by atoms with Crippen LogP contribution in [0.2, 0.25) is 0 Å². The maximum absolute atomic E-state index is 6.71. The SMILES string of the molecule is CCCCOC(CCN1CCCCC1)(c1ccccc1)c1ccccc1. The second-order valence-corrected chi connectivity index (χ2v) is 7.41. The van der Waals surface area contributed by atoms with Gasteiger partial charge in [-0.2, -0.15) is 0 Å². The number of hydrogen-bond donors (Lipinski definition) is 0. The molecule has 2 heteroatoms. The lowest BCUT2D eigenvalue weighted by molar-refractivity contribution is -0.0327. The van der Waals surface area contributed by atoms with Crippen LogP contribution in [0.4, 0.5) is 0 Å². The van der Waals surface area contributed by atoms with Gasteiger partial charge in [0.05, 0.1) is 0 Å². The molecule has 0 aliphatic carbocycles. The monoisotopic (exact) mass is 351 g/mol. The molecule has 0 aromatic heterocycles. The van der Waals surface area contributed by atoms with Crippen LogP contribution in [0.1, 0.15) is 56.6 Å². The average molecular weight is 352 g/mol. The summed E-state index contributed by atoms with van der Waals surface area (Å²) < 4.78 is 6.71. The van der Waals surface area contributed by atoms with E-state index in [1.807, 2.05) is 0 Å². The van der Waals surface area contributed by atoms with E-state index in [2.05, 4.69) is 72.5 Å². The van der Waals surface area contributed by atoms with Gasteiger partial charge in [0.15, 0.2) is 0 Å². The fraction of sp³-hybridized carbons (Fsp3) is 0.500. The summed E-state index contributed by atoms with van der Waals surface area (Å²) in [6.07, 6.45) is 7.31. The first-order valence-electron chi connectivity index (χ1n) is 10.3. The van der Waals surface area contributed by atoms with Crippen LogP contribution < -0.4 is 0 Å². The Morgan fingerprint density at radius 2 is 1.42 bits per heavy atom. The summed E-state index contributed by atoms with van der Waals surface area (Å²) in [5, 5.41) is 0. The molecule has 1 aliphatic rings. The molecule has 26 heavy (non-hydrogen) atoms. The zero-order chi connectivity index (χ0) is 18.1. The molecule has 1 heterocycles. The lowest BCUT2D eigenvalue weighted by Gasteiger charge is -2.38. The van der Waals surface area contributed by atoms with E-state index in [0.717, 1.165) is 32.4 Å². The number of hydrogen-bond acceptors (Lipinski definition) is 2. The Hall–Kier alpha value is -1.64. The summed E-state index contributed by atoms with van der Waals surface area (Å²) >= 11 is 0. The van der Waals surface area contributed by atoms with Crippen LogP contribution >= 0.6 is 0 Å². The van der Waals surface area contributed by atoms with Crippen molar-refractivity contribution >= 4 is 0 Å². The molecule has 0 N–H and O–H groups in total. The highest BCUT2D eigenvalue weighted by Gasteiger charge is 2.35. The molecule has 1 aliphatic heterocycles. The number of rotatable bonds is 9. The molecule has 0 spiro atoms. The van der Waals surface area contributed by atoms with E-state index in [1.54, 1.807) is 0 Å². The van der Waals surface area contributed by atoms with Gasteiger partial charge in [-0.3, -0.25) is 0 Å². The Morgan fingerprint density at radius 1 is 0.846 bits per heavy atom. The third-order valence-corrected chi connectivity index (χ3v) is 5.56. The van der Waals surface area contributed by atoms with Gasteiger partial charge in [-0.05, 0) is 49.9 Å². The summed E-state index contributed by atoms with van der Waals surface area (Å²) in [6.45, 7) is 6.59. The van der Waals surface area contributed by atoms with Crippen LogP contribution in [0, 0.1) is 0 Å². The molecule has 1 fully saturated rings. The first-order valence-corrected chi connectivity index (χ1v) is 10.3. The van der Waals surface area contributed by atoms with E-state index in [1.165, 1.54) is 43.5 Å². The Balaban J connectivity index is 1.90. The third-order valence-electron chi connectivity index (χ3n) is 5.56. The lowest BCUT2D eigenvalue weighted by Crippen LogP contribution is -2.38. The predicted molar refractivity (Wildman–Crippen MR) is 109 cm³/mol. The van der Waals surface area contributed by atoms with Gasteiger partial charge in [-0.25, -0.2) is 0 Å². The summed E-state index contributed by atoms with van der Waals surface area (Å²) in [5.74, 6) is 0. The smallest absolute Gasteiger partial charge is 0.119 e. The predicted octanol–water partition coefficient (Wildman–Crippen LogP) is 5.62. The molecule has 0 saturated carbocycles. The molecular formula is C24H33NO. The summed E-state index contributed by atoms with van der Waals surface area (Å²) in [4.78, 5) is 2.62. The van der Waals surface area contributed by atoms with Crippen molar-refractivity contribution in [1.29, 1.82) is 0 Å². The molecule has 140 valence electrons. The lowest BCUT2D eigenvalue weighted by atomic mass is 9.83.